The lowest BCUT2D eigenvalue weighted by molar-refractivity contribution is 0.0149. The van der Waals surface area contributed by atoms with Gasteiger partial charge in [0.2, 0.25) is 5.66 Å². The molecule has 0 saturated carbocycles. The maximum Gasteiger partial charge on any atom is 0.355 e. The van der Waals surface area contributed by atoms with Gasteiger partial charge in [-0.15, -0.1) is 47.8 Å². The number of nitrogens with zero attached hydrogens (tertiary/aromatic N) is 8. The minimum Gasteiger partial charge on any atom is -0.391 e. The van der Waals surface area contributed by atoms with Crippen LogP contribution in [0.2, 0.25) is 0 Å². The Hall–Kier alpha value is -3.54. The predicted molar refractivity (Wildman–Crippen MR) is 134 cm³/mol. The van der Waals surface area contributed by atoms with E-state index in [4.69, 9.17) is 24.4 Å². The van der Waals surface area contributed by atoms with Crippen LogP contribution in [0.25, 0.3) is 0 Å². The molecule has 0 saturated heterocycles. The van der Waals surface area contributed by atoms with Gasteiger partial charge in [0.25, 0.3) is 11.3 Å². The second kappa shape index (κ2) is 13.5. The number of aliphatic hydroxyl groups excluding tert-OH is 1. The Morgan fingerprint density at radius 2 is 1.33 bits per heavy atom. The maximum atomic E-state index is 12.6. The van der Waals surface area contributed by atoms with Gasteiger partial charge in [0.1, 0.15) is 6.61 Å². The lowest BCUT2D eigenvalue weighted by Gasteiger charge is -2.13. The van der Waals surface area contributed by atoms with Gasteiger partial charge in [-0.2, -0.15) is 39.5 Å². The van der Waals surface area contributed by atoms with Gasteiger partial charge in [-0.05, 0) is 24.7 Å². The number of rotatable bonds is 9. The van der Waals surface area contributed by atoms with Crippen LogP contribution in [0.1, 0.15) is 73.1 Å². The average molecular weight is 501 g/mol. The highest BCUT2D eigenvalue weighted by Gasteiger charge is 2.60. The molecule has 4 aliphatic rings. The third-order valence-corrected chi connectivity index (χ3v) is 5.35. The van der Waals surface area contributed by atoms with Crippen molar-refractivity contribution in [1.29, 1.82) is 0 Å². The van der Waals surface area contributed by atoms with E-state index < -0.39 is 17.2 Å². The van der Waals surface area contributed by atoms with Crippen LogP contribution in [-0.2, 0) is 0 Å². The number of hydrogen-bond donors (Lipinski definition) is 1. The lowest BCUT2D eigenvalue weighted by atomic mass is 10.0. The molecule has 194 valence electrons. The summed E-state index contributed by atoms with van der Waals surface area (Å²) in [6.45, 7) is 5.59. The van der Waals surface area contributed by atoms with Crippen molar-refractivity contribution in [2.24, 2.45) is 40.9 Å². The summed E-state index contributed by atoms with van der Waals surface area (Å²) in [4.78, 5) is 0. The zero-order valence-corrected chi connectivity index (χ0v) is 20.2. The Morgan fingerprint density at radius 1 is 0.778 bits per heavy atom. The summed E-state index contributed by atoms with van der Waals surface area (Å²) in [6.07, 6.45) is 25.4. The van der Waals surface area contributed by atoms with Crippen molar-refractivity contribution >= 4 is 0 Å². The summed E-state index contributed by atoms with van der Waals surface area (Å²) in [5.74, 6) is 5.52. The van der Waals surface area contributed by atoms with Crippen LogP contribution >= 0.6 is 0 Å². The van der Waals surface area contributed by atoms with E-state index in [0.29, 0.717) is 6.42 Å². The number of terminal acetylenes is 4. The molecule has 0 radical (unpaired) electrons. The van der Waals surface area contributed by atoms with Crippen molar-refractivity contribution in [1.82, 2.24) is 0 Å². The molecule has 0 aromatic rings. The van der Waals surface area contributed by atoms with E-state index in [0.717, 1.165) is 32.1 Å². The van der Waals surface area contributed by atoms with E-state index in [1.54, 1.807) is 6.92 Å². The summed E-state index contributed by atoms with van der Waals surface area (Å²) in [5.41, 5.74) is -2.60. The predicted octanol–water partition coefficient (Wildman–Crippen LogP) is 6.18. The molecule has 0 aromatic carbocycles. The molecule has 0 fully saturated rings. The van der Waals surface area contributed by atoms with Crippen LogP contribution in [0.4, 0.5) is 8.78 Å². The van der Waals surface area contributed by atoms with Crippen LogP contribution in [0, 0.1) is 49.4 Å². The summed E-state index contributed by atoms with van der Waals surface area (Å²) in [7, 11) is 0. The van der Waals surface area contributed by atoms with Crippen LogP contribution in [0.3, 0.4) is 0 Å². The van der Waals surface area contributed by atoms with Gasteiger partial charge >= 0.3 is 5.92 Å². The van der Waals surface area contributed by atoms with Crippen molar-refractivity contribution in [2.75, 3.05) is 6.61 Å². The van der Waals surface area contributed by atoms with Crippen LogP contribution in [0.5, 0.6) is 0 Å². The van der Waals surface area contributed by atoms with Gasteiger partial charge in [-0.3, -0.25) is 0 Å². The maximum absolute atomic E-state index is 12.6. The third-order valence-electron chi connectivity index (χ3n) is 5.35. The third kappa shape index (κ3) is 9.25. The fourth-order valence-corrected chi connectivity index (χ4v) is 2.53. The van der Waals surface area contributed by atoms with Gasteiger partial charge in [-0.1, -0.05) is 34.6 Å². The van der Waals surface area contributed by atoms with Gasteiger partial charge in [0.15, 0.2) is 5.66 Å². The normalized spacial score (nSPS) is 19.3. The zero-order valence-electron chi connectivity index (χ0n) is 20.2. The first-order valence-corrected chi connectivity index (χ1v) is 11.1. The molecule has 1 N–H and O–H groups in total. The quantitative estimate of drug-likeness (QED) is 0.374. The molecule has 0 unspecified atom stereocenters. The molecule has 0 amide bonds. The molecule has 4 rings (SSSR count). The first-order chi connectivity index (χ1) is 16.6. The molecule has 4 heterocycles. The summed E-state index contributed by atoms with van der Waals surface area (Å²) >= 11 is 0. The van der Waals surface area contributed by atoms with E-state index >= 15 is 0 Å². The van der Waals surface area contributed by atoms with E-state index in [1.165, 1.54) is 5.92 Å². The molecule has 0 spiro atoms. The summed E-state index contributed by atoms with van der Waals surface area (Å²) in [5, 5.41) is 37.2. The highest BCUT2D eigenvalue weighted by Crippen LogP contribution is 2.45. The topological polar surface area (TPSA) is 119 Å². The van der Waals surface area contributed by atoms with Crippen molar-refractivity contribution in [2.45, 2.75) is 102 Å². The Kier molecular flexibility index (Phi) is 12.2. The SMILES string of the molecule is C.C#CC(F)(F)C1(CC)N=N1.C#CC1(CO)N=N1.C#CCC1(CC)N=N1.C#CCCC1(CCC)N=N1. The van der Waals surface area contributed by atoms with E-state index in [-0.39, 0.29) is 31.8 Å². The van der Waals surface area contributed by atoms with Crippen LogP contribution < -0.4 is 0 Å². The van der Waals surface area contributed by atoms with Gasteiger partial charge < -0.3 is 5.11 Å². The van der Waals surface area contributed by atoms with Crippen molar-refractivity contribution in [3.8, 4) is 49.4 Å². The molecule has 0 aliphatic carbocycles. The Morgan fingerprint density at radius 3 is 1.50 bits per heavy atom. The fraction of sp³-hybridized carbons (Fsp3) is 0.680. The fourth-order valence-electron chi connectivity index (χ4n) is 2.53. The van der Waals surface area contributed by atoms with Gasteiger partial charge in [-0.25, -0.2) is 0 Å². The molecule has 0 atom stereocenters. The van der Waals surface area contributed by atoms with E-state index in [2.05, 4.69) is 72.0 Å². The first kappa shape index (κ1) is 32.5. The van der Waals surface area contributed by atoms with Crippen LogP contribution in [-0.4, -0.2) is 40.3 Å². The lowest BCUT2D eigenvalue weighted by Crippen LogP contribution is -2.34. The van der Waals surface area contributed by atoms with Gasteiger partial charge in [0.05, 0.1) is 6.42 Å². The van der Waals surface area contributed by atoms with Crippen molar-refractivity contribution in [3.63, 3.8) is 0 Å². The number of hydrogen-bond acceptors (Lipinski definition) is 9. The average Bonchev–Trinajstić information content (AvgIpc) is 3.72. The summed E-state index contributed by atoms with van der Waals surface area (Å²) < 4.78 is 25.1. The minimum atomic E-state index is -3.21. The number of aliphatic hydroxyl groups is 1. The largest absolute Gasteiger partial charge is 0.391 e. The molecule has 4 aliphatic heterocycles. The molecule has 0 bridgehead atoms. The monoisotopic (exact) mass is 500 g/mol. The Labute approximate surface area is 212 Å². The molecule has 9 nitrogen and oxygen atoms in total. The van der Waals surface area contributed by atoms with E-state index in [1.807, 2.05) is 6.92 Å². The summed E-state index contributed by atoms with van der Waals surface area (Å²) in [6, 6.07) is 0. The number of alkyl halides is 2. The molecule has 11 heteroatoms. The zero-order chi connectivity index (χ0) is 26.6. The highest BCUT2D eigenvalue weighted by molar-refractivity contribution is 5.18. The van der Waals surface area contributed by atoms with Crippen molar-refractivity contribution < 1.29 is 13.9 Å². The standard InChI is InChI=1S/C8H12N2.C6H6F2N2.C6H8N2.C4H4N2O.CH4/c1-3-5-7-8(6-4-2)9-10-8;1-3-5(7,8)6(4-2)9-10-6;1-3-5-6(4-2)7-8-6;1-2-4(3-7)5-6-4;/h1H,4-7H2,2H3;1H,4H2,2H3;1H,4-5H2,2H3;1,7H,3H2;1H4. The molecule has 0 aromatic heterocycles. The van der Waals surface area contributed by atoms with Crippen molar-refractivity contribution in [3.05, 3.63) is 0 Å². The first-order valence-electron chi connectivity index (χ1n) is 11.1. The Bertz CT molecular complexity index is 997. The highest BCUT2D eigenvalue weighted by atomic mass is 19.3. The van der Waals surface area contributed by atoms with E-state index in [9.17, 15) is 8.78 Å². The second-order valence-corrected chi connectivity index (χ2v) is 7.96. The second-order valence-electron chi connectivity index (χ2n) is 7.96. The number of halogens is 2. The molecule has 36 heavy (non-hydrogen) atoms. The molecular weight excluding hydrogens is 466 g/mol. The minimum absolute atomic E-state index is 0. The smallest absolute Gasteiger partial charge is 0.355 e. The van der Waals surface area contributed by atoms with Crippen LogP contribution in [0.15, 0.2) is 40.9 Å². The Balaban J connectivity index is 0.000000454. The molecular formula is C25H34F2N8O. The van der Waals surface area contributed by atoms with Gasteiger partial charge in [0, 0.05) is 19.3 Å².